The van der Waals surface area contributed by atoms with Crippen LogP contribution in [0, 0.1) is 5.82 Å². The van der Waals surface area contributed by atoms with Gasteiger partial charge < -0.3 is 10.1 Å². The number of hydrogen-bond acceptors (Lipinski definition) is 6. The average Bonchev–Trinajstić information content (AvgIpc) is 3.29. The number of carbonyl (C=O) groups is 1. The van der Waals surface area contributed by atoms with Crippen LogP contribution in [0.2, 0.25) is 5.02 Å². The number of tetrazole rings is 1. The third kappa shape index (κ3) is 4.84. The molecule has 4 aromatic rings. The minimum Gasteiger partial charge on any atom is -0.410 e. The van der Waals surface area contributed by atoms with E-state index < -0.39 is 11.9 Å². The molecule has 156 valence electrons. The maximum absolute atomic E-state index is 14.5. The highest BCUT2D eigenvalue weighted by molar-refractivity contribution is 6.30. The first-order valence-electron chi connectivity index (χ1n) is 9.22. The number of ether oxygens (including phenoxy) is 1. The summed E-state index contributed by atoms with van der Waals surface area (Å²) in [4.78, 5) is 16.4. The summed E-state index contributed by atoms with van der Waals surface area (Å²) in [5, 5.41) is 14.1. The number of benzene rings is 2. The number of hydrogen-bond donors (Lipinski definition) is 1. The van der Waals surface area contributed by atoms with Crippen molar-refractivity contribution in [3.63, 3.8) is 0 Å². The smallest absolute Gasteiger partial charge is 0.410 e. The van der Waals surface area contributed by atoms with Crippen LogP contribution in [0.5, 0.6) is 5.75 Å². The van der Waals surface area contributed by atoms with Gasteiger partial charge in [-0.1, -0.05) is 11.6 Å². The second-order valence-corrected chi connectivity index (χ2v) is 7.07. The molecule has 2 heterocycles. The molecule has 2 aromatic heterocycles. The van der Waals surface area contributed by atoms with Crippen LogP contribution in [0.1, 0.15) is 18.5 Å². The van der Waals surface area contributed by atoms with Crippen molar-refractivity contribution in [3.05, 3.63) is 83.7 Å². The first-order valence-corrected chi connectivity index (χ1v) is 9.59. The standard InChI is InChI=1S/C21H16ClFN6O2/c1-13(14-4-6-24-7-5-14)26-21(30)31-18-9-15(19-3-2-16(22)10-20(19)23)8-17(11-18)29-12-25-27-28-29/h2-13H,1H3,(H,26,30). The zero-order chi connectivity index (χ0) is 21.8. The summed E-state index contributed by atoms with van der Waals surface area (Å²) in [7, 11) is 0. The summed E-state index contributed by atoms with van der Waals surface area (Å²) in [6, 6.07) is 12.4. The molecule has 1 amide bonds. The van der Waals surface area contributed by atoms with Crippen molar-refractivity contribution in [3.8, 4) is 22.6 Å². The third-order valence-electron chi connectivity index (χ3n) is 4.50. The first-order chi connectivity index (χ1) is 15.0. The lowest BCUT2D eigenvalue weighted by atomic mass is 10.0. The Kier molecular flexibility index (Phi) is 5.85. The third-order valence-corrected chi connectivity index (χ3v) is 4.73. The summed E-state index contributed by atoms with van der Waals surface area (Å²) < 4.78 is 21.4. The maximum Gasteiger partial charge on any atom is 0.413 e. The molecule has 0 spiro atoms. The molecule has 1 unspecified atom stereocenters. The molecular formula is C21H16ClFN6O2. The lowest BCUT2D eigenvalue weighted by Gasteiger charge is -2.15. The van der Waals surface area contributed by atoms with Crippen molar-refractivity contribution < 1.29 is 13.9 Å². The fourth-order valence-electron chi connectivity index (χ4n) is 2.98. The van der Waals surface area contributed by atoms with Gasteiger partial charge in [0.1, 0.15) is 17.9 Å². The van der Waals surface area contributed by atoms with Gasteiger partial charge in [-0.3, -0.25) is 4.98 Å². The molecule has 2 aromatic carbocycles. The Hall–Kier alpha value is -3.85. The van der Waals surface area contributed by atoms with Crippen LogP contribution in [0.3, 0.4) is 0 Å². The number of rotatable bonds is 5. The molecule has 1 atom stereocenters. The number of pyridine rings is 1. The number of halogens is 2. The zero-order valence-corrected chi connectivity index (χ0v) is 17.0. The van der Waals surface area contributed by atoms with E-state index in [1.54, 1.807) is 54.9 Å². The Morgan fingerprint density at radius 3 is 2.68 bits per heavy atom. The van der Waals surface area contributed by atoms with E-state index in [2.05, 4.69) is 25.8 Å². The van der Waals surface area contributed by atoms with Crippen LogP contribution in [0.4, 0.5) is 9.18 Å². The molecular weight excluding hydrogens is 423 g/mol. The van der Waals surface area contributed by atoms with Gasteiger partial charge in [0.05, 0.1) is 11.7 Å². The van der Waals surface area contributed by atoms with Crippen LogP contribution in [-0.4, -0.2) is 31.3 Å². The molecule has 0 aliphatic carbocycles. The van der Waals surface area contributed by atoms with E-state index in [-0.39, 0.29) is 22.4 Å². The predicted molar refractivity (Wildman–Crippen MR) is 111 cm³/mol. The Morgan fingerprint density at radius 2 is 1.97 bits per heavy atom. The second kappa shape index (κ2) is 8.88. The van der Waals surface area contributed by atoms with Gasteiger partial charge >= 0.3 is 6.09 Å². The molecule has 31 heavy (non-hydrogen) atoms. The molecule has 0 saturated carbocycles. The summed E-state index contributed by atoms with van der Waals surface area (Å²) in [6.07, 6.45) is 4.00. The molecule has 0 aliphatic rings. The summed E-state index contributed by atoms with van der Waals surface area (Å²) in [6.45, 7) is 1.82. The lowest BCUT2D eigenvalue weighted by Crippen LogP contribution is -2.29. The Balaban J connectivity index is 1.63. The van der Waals surface area contributed by atoms with E-state index in [9.17, 15) is 9.18 Å². The van der Waals surface area contributed by atoms with Crippen molar-refractivity contribution in [1.29, 1.82) is 0 Å². The highest BCUT2D eigenvalue weighted by atomic mass is 35.5. The van der Waals surface area contributed by atoms with E-state index in [4.69, 9.17) is 16.3 Å². The average molecular weight is 439 g/mol. The molecule has 1 N–H and O–H groups in total. The van der Waals surface area contributed by atoms with Crippen LogP contribution in [-0.2, 0) is 0 Å². The van der Waals surface area contributed by atoms with Crippen molar-refractivity contribution in [2.24, 2.45) is 0 Å². The summed E-state index contributed by atoms with van der Waals surface area (Å²) in [5.74, 6) is -0.320. The van der Waals surface area contributed by atoms with E-state index >= 15 is 0 Å². The fourth-order valence-corrected chi connectivity index (χ4v) is 3.14. The molecule has 4 rings (SSSR count). The van der Waals surface area contributed by atoms with Crippen LogP contribution >= 0.6 is 11.6 Å². The SMILES string of the molecule is CC(NC(=O)Oc1cc(-c2ccc(Cl)cc2F)cc(-n2cnnn2)c1)c1ccncc1. The van der Waals surface area contributed by atoms with Crippen LogP contribution in [0.15, 0.2) is 67.3 Å². The lowest BCUT2D eigenvalue weighted by molar-refractivity contribution is 0.197. The molecule has 0 fully saturated rings. The molecule has 0 bridgehead atoms. The minimum atomic E-state index is -0.666. The Morgan fingerprint density at radius 1 is 1.16 bits per heavy atom. The van der Waals surface area contributed by atoms with Gasteiger partial charge in [0, 0.05) is 29.0 Å². The largest absolute Gasteiger partial charge is 0.413 e. The molecule has 10 heteroatoms. The fraction of sp³-hybridized carbons (Fsp3) is 0.0952. The number of aromatic nitrogens is 5. The van der Waals surface area contributed by atoms with Crippen molar-refractivity contribution in [2.75, 3.05) is 0 Å². The van der Waals surface area contributed by atoms with Gasteiger partial charge in [-0.05, 0) is 70.9 Å². The van der Waals surface area contributed by atoms with Crippen molar-refractivity contribution in [2.45, 2.75) is 13.0 Å². The second-order valence-electron chi connectivity index (χ2n) is 6.63. The number of nitrogens with one attached hydrogen (secondary N) is 1. The van der Waals surface area contributed by atoms with E-state index in [1.165, 1.54) is 17.1 Å². The molecule has 0 aliphatic heterocycles. The van der Waals surface area contributed by atoms with Gasteiger partial charge in [-0.2, -0.15) is 0 Å². The summed E-state index contributed by atoms with van der Waals surface area (Å²) >= 11 is 5.86. The molecule has 8 nitrogen and oxygen atoms in total. The van der Waals surface area contributed by atoms with Gasteiger partial charge in [0.25, 0.3) is 0 Å². The van der Waals surface area contributed by atoms with Crippen LogP contribution in [0.25, 0.3) is 16.8 Å². The monoisotopic (exact) mass is 438 g/mol. The van der Waals surface area contributed by atoms with Gasteiger partial charge in [-0.25, -0.2) is 13.9 Å². The highest BCUT2D eigenvalue weighted by Gasteiger charge is 2.15. The first kappa shape index (κ1) is 20.4. The van der Waals surface area contributed by atoms with E-state index in [0.717, 1.165) is 5.56 Å². The topological polar surface area (TPSA) is 94.8 Å². The minimum absolute atomic E-state index is 0.191. The normalized spacial score (nSPS) is 11.7. The molecule has 0 radical (unpaired) electrons. The van der Waals surface area contributed by atoms with E-state index in [0.29, 0.717) is 11.3 Å². The van der Waals surface area contributed by atoms with Crippen LogP contribution < -0.4 is 10.1 Å². The quantitative estimate of drug-likeness (QED) is 0.497. The zero-order valence-electron chi connectivity index (χ0n) is 16.2. The maximum atomic E-state index is 14.5. The Labute approximate surface area is 181 Å². The van der Waals surface area contributed by atoms with Gasteiger partial charge in [0.2, 0.25) is 0 Å². The van der Waals surface area contributed by atoms with Gasteiger partial charge in [0.15, 0.2) is 0 Å². The number of nitrogens with zero attached hydrogens (tertiary/aromatic N) is 5. The highest BCUT2D eigenvalue weighted by Crippen LogP contribution is 2.31. The van der Waals surface area contributed by atoms with E-state index in [1.807, 2.05) is 6.92 Å². The summed E-state index contributed by atoms with van der Waals surface area (Å²) in [5.41, 5.74) is 2.11. The predicted octanol–water partition coefficient (Wildman–Crippen LogP) is 4.37. The van der Waals surface area contributed by atoms with Crippen molar-refractivity contribution >= 4 is 17.7 Å². The molecule has 0 saturated heterocycles. The number of carbonyl (C=O) groups excluding carboxylic acids is 1. The van der Waals surface area contributed by atoms with Gasteiger partial charge in [-0.15, -0.1) is 5.10 Å². The van der Waals surface area contributed by atoms with Crippen molar-refractivity contribution in [1.82, 2.24) is 30.5 Å². The number of amides is 1. The Bertz CT molecular complexity index is 1200.